The van der Waals surface area contributed by atoms with Gasteiger partial charge in [0.15, 0.2) is 0 Å². The molecule has 3 N–H and O–H groups in total. The highest BCUT2D eigenvalue weighted by atomic mass is 16.2. The maximum absolute atomic E-state index is 13.2. The third kappa shape index (κ3) is 4.70. The number of aromatic nitrogens is 1. The SMILES string of the molecule is C=CC(=C)CNC(=O)Cn1c(C(=C)CC)cc2c(c1=O)NC(C(C)C)CN2. The van der Waals surface area contributed by atoms with Crippen molar-refractivity contribution in [1.82, 2.24) is 9.88 Å². The molecule has 146 valence electrons. The highest BCUT2D eigenvalue weighted by Gasteiger charge is 2.25. The lowest BCUT2D eigenvalue weighted by atomic mass is 10.0. The molecule has 0 bridgehead atoms. The highest BCUT2D eigenvalue weighted by molar-refractivity contribution is 5.79. The minimum absolute atomic E-state index is 0.0705. The molecule has 0 aliphatic carbocycles. The Balaban J connectivity index is 2.39. The third-order valence-electron chi connectivity index (χ3n) is 4.84. The fourth-order valence-corrected chi connectivity index (χ4v) is 2.90. The van der Waals surface area contributed by atoms with E-state index in [4.69, 9.17) is 0 Å². The van der Waals surface area contributed by atoms with Crippen molar-refractivity contribution in [2.24, 2.45) is 5.92 Å². The molecule has 1 amide bonds. The zero-order valence-electron chi connectivity index (χ0n) is 16.5. The Morgan fingerprint density at radius 2 is 2.15 bits per heavy atom. The summed E-state index contributed by atoms with van der Waals surface area (Å²) in [6.07, 6.45) is 2.28. The van der Waals surface area contributed by atoms with E-state index in [1.54, 1.807) is 6.08 Å². The molecule has 0 radical (unpaired) electrons. The summed E-state index contributed by atoms with van der Waals surface area (Å²) < 4.78 is 1.49. The van der Waals surface area contributed by atoms with Crippen LogP contribution in [0.5, 0.6) is 0 Å². The average molecular weight is 370 g/mol. The van der Waals surface area contributed by atoms with Crippen molar-refractivity contribution in [1.29, 1.82) is 0 Å². The molecule has 1 aliphatic rings. The van der Waals surface area contributed by atoms with E-state index >= 15 is 0 Å². The Morgan fingerprint density at radius 3 is 2.74 bits per heavy atom. The summed E-state index contributed by atoms with van der Waals surface area (Å²) >= 11 is 0. The van der Waals surface area contributed by atoms with E-state index in [1.165, 1.54) is 4.57 Å². The van der Waals surface area contributed by atoms with Crippen molar-refractivity contribution in [3.8, 4) is 0 Å². The molecule has 0 spiro atoms. The van der Waals surface area contributed by atoms with E-state index < -0.39 is 0 Å². The van der Waals surface area contributed by atoms with Crippen LogP contribution in [0.2, 0.25) is 0 Å². The molecule has 1 aliphatic heterocycles. The van der Waals surface area contributed by atoms with Gasteiger partial charge in [0.25, 0.3) is 5.56 Å². The maximum atomic E-state index is 13.2. The Kier molecular flexibility index (Phi) is 6.66. The van der Waals surface area contributed by atoms with Gasteiger partial charge >= 0.3 is 0 Å². The van der Waals surface area contributed by atoms with Gasteiger partial charge in [-0.3, -0.25) is 14.2 Å². The summed E-state index contributed by atoms with van der Waals surface area (Å²) in [5.41, 5.74) is 3.26. The molecular weight excluding hydrogens is 340 g/mol. The molecule has 27 heavy (non-hydrogen) atoms. The van der Waals surface area contributed by atoms with Crippen LogP contribution in [-0.4, -0.2) is 29.6 Å². The molecule has 1 atom stereocenters. The molecule has 1 unspecified atom stereocenters. The summed E-state index contributed by atoms with van der Waals surface area (Å²) in [5, 5.41) is 9.44. The molecule has 0 aromatic carbocycles. The van der Waals surface area contributed by atoms with Crippen LogP contribution in [-0.2, 0) is 11.3 Å². The second-order valence-electron chi connectivity index (χ2n) is 7.18. The molecule has 2 heterocycles. The number of amides is 1. The van der Waals surface area contributed by atoms with Crippen LogP contribution in [0.15, 0.2) is 42.2 Å². The predicted molar refractivity (Wildman–Crippen MR) is 113 cm³/mol. The molecule has 0 fully saturated rings. The number of carbonyl (C=O) groups is 1. The van der Waals surface area contributed by atoms with Crippen molar-refractivity contribution in [2.45, 2.75) is 39.8 Å². The molecule has 6 heteroatoms. The standard InChI is InChI=1S/C21H30N4O2/c1-7-14(5)10-23-19(26)12-25-18(15(6)8-2)9-16-20(21(25)27)24-17(11-22-16)13(3)4/h7,9,13,17,22,24H,1,5-6,8,10-12H2,2-4H3,(H,23,26). The van der Waals surface area contributed by atoms with Gasteiger partial charge in [-0.1, -0.05) is 46.6 Å². The van der Waals surface area contributed by atoms with E-state index in [2.05, 4.69) is 49.5 Å². The summed E-state index contributed by atoms with van der Waals surface area (Å²) in [4.78, 5) is 25.5. The van der Waals surface area contributed by atoms with Crippen LogP contribution in [0.4, 0.5) is 11.4 Å². The first-order chi connectivity index (χ1) is 12.8. The summed E-state index contributed by atoms with van der Waals surface area (Å²) in [5.74, 6) is 0.117. The summed E-state index contributed by atoms with van der Waals surface area (Å²) in [6, 6.07) is 2.06. The average Bonchev–Trinajstić information content (AvgIpc) is 2.66. The van der Waals surface area contributed by atoms with Gasteiger partial charge in [-0.25, -0.2) is 0 Å². The quantitative estimate of drug-likeness (QED) is 0.615. The van der Waals surface area contributed by atoms with Crippen molar-refractivity contribution in [3.05, 3.63) is 53.5 Å². The largest absolute Gasteiger partial charge is 0.381 e. The zero-order valence-corrected chi connectivity index (χ0v) is 16.5. The topological polar surface area (TPSA) is 75.2 Å². The number of carbonyl (C=O) groups excluding carboxylic acids is 1. The van der Waals surface area contributed by atoms with Gasteiger partial charge in [0, 0.05) is 24.8 Å². The molecule has 6 nitrogen and oxygen atoms in total. The number of nitrogens with one attached hydrogen (secondary N) is 3. The van der Waals surface area contributed by atoms with Crippen LogP contribution < -0.4 is 21.5 Å². The predicted octanol–water partition coefficient (Wildman–Crippen LogP) is 2.99. The van der Waals surface area contributed by atoms with Crippen LogP contribution in [0.1, 0.15) is 32.9 Å². The normalized spacial score (nSPS) is 15.3. The van der Waals surface area contributed by atoms with E-state index in [9.17, 15) is 9.59 Å². The Morgan fingerprint density at radius 1 is 1.44 bits per heavy atom. The van der Waals surface area contributed by atoms with E-state index in [1.807, 2.05) is 13.0 Å². The van der Waals surface area contributed by atoms with Gasteiger partial charge in [0.1, 0.15) is 12.2 Å². The Bertz CT molecular complexity index is 820. The first kappa shape index (κ1) is 20.6. The van der Waals surface area contributed by atoms with Crippen molar-refractivity contribution < 1.29 is 4.79 Å². The molecule has 0 saturated heterocycles. The van der Waals surface area contributed by atoms with Crippen LogP contribution >= 0.6 is 0 Å². The number of hydrogen-bond donors (Lipinski definition) is 3. The van der Waals surface area contributed by atoms with Crippen LogP contribution in [0.3, 0.4) is 0 Å². The fourth-order valence-electron chi connectivity index (χ4n) is 2.90. The van der Waals surface area contributed by atoms with Crippen LogP contribution in [0.25, 0.3) is 5.57 Å². The van der Waals surface area contributed by atoms with Crippen molar-refractivity contribution in [2.75, 3.05) is 23.7 Å². The molecule has 2 rings (SSSR count). The third-order valence-corrected chi connectivity index (χ3v) is 4.84. The van der Waals surface area contributed by atoms with Gasteiger partial charge in [-0.05, 0) is 29.6 Å². The number of fused-ring (bicyclic) bond motifs is 1. The highest BCUT2D eigenvalue weighted by Crippen LogP contribution is 2.28. The monoisotopic (exact) mass is 370 g/mol. The second kappa shape index (κ2) is 8.75. The fraction of sp³-hybridized carbons (Fsp3) is 0.429. The lowest BCUT2D eigenvalue weighted by Crippen LogP contribution is -2.42. The van der Waals surface area contributed by atoms with E-state index in [0.29, 0.717) is 35.8 Å². The van der Waals surface area contributed by atoms with Gasteiger partial charge < -0.3 is 16.0 Å². The van der Waals surface area contributed by atoms with Gasteiger partial charge in [-0.15, -0.1) is 0 Å². The van der Waals surface area contributed by atoms with Gasteiger partial charge in [0.05, 0.1) is 5.69 Å². The minimum atomic E-state index is -0.255. The number of nitrogens with zero attached hydrogens (tertiary/aromatic N) is 1. The number of hydrogen-bond acceptors (Lipinski definition) is 4. The van der Waals surface area contributed by atoms with Gasteiger partial charge in [-0.2, -0.15) is 0 Å². The molecule has 0 saturated carbocycles. The summed E-state index contributed by atoms with van der Waals surface area (Å²) in [7, 11) is 0. The maximum Gasteiger partial charge on any atom is 0.276 e. The lowest BCUT2D eigenvalue weighted by Gasteiger charge is -2.31. The first-order valence-electron chi connectivity index (χ1n) is 9.31. The van der Waals surface area contributed by atoms with E-state index in [-0.39, 0.29) is 24.1 Å². The zero-order chi connectivity index (χ0) is 20.1. The van der Waals surface area contributed by atoms with Crippen molar-refractivity contribution in [3.63, 3.8) is 0 Å². The molecule has 1 aromatic heterocycles. The van der Waals surface area contributed by atoms with Gasteiger partial charge in [0.2, 0.25) is 5.91 Å². The minimum Gasteiger partial charge on any atom is -0.381 e. The lowest BCUT2D eigenvalue weighted by molar-refractivity contribution is -0.121. The number of pyridine rings is 1. The molecular formula is C21H30N4O2. The Hall–Kier alpha value is -2.76. The van der Waals surface area contributed by atoms with Crippen LogP contribution in [0, 0.1) is 5.92 Å². The van der Waals surface area contributed by atoms with E-state index in [0.717, 1.165) is 17.8 Å². The number of allylic oxidation sites excluding steroid dienone is 1. The Labute approximate surface area is 161 Å². The number of rotatable bonds is 8. The number of anilines is 2. The molecule has 1 aromatic rings. The first-order valence-corrected chi connectivity index (χ1v) is 9.31. The summed E-state index contributed by atoms with van der Waals surface area (Å²) in [6.45, 7) is 18.6. The smallest absolute Gasteiger partial charge is 0.276 e. The van der Waals surface area contributed by atoms with Crippen molar-refractivity contribution >= 4 is 22.9 Å². The second-order valence-corrected chi connectivity index (χ2v) is 7.18.